The number of sulfonamides is 1. The Bertz CT molecular complexity index is 206. The molecule has 0 atom stereocenters. The molecule has 0 aromatic heterocycles. The average Bonchev–Trinajstić information content (AvgIpc) is 2.04. The zero-order valence-electron chi connectivity index (χ0n) is 7.75. The van der Waals surface area contributed by atoms with Crippen LogP contribution in [0.25, 0.3) is 0 Å². The van der Waals surface area contributed by atoms with E-state index in [1.807, 2.05) is 0 Å². The molecule has 6 heteroatoms. The van der Waals surface area contributed by atoms with E-state index in [4.69, 9.17) is 16.3 Å². The van der Waals surface area contributed by atoms with Gasteiger partial charge in [0.05, 0.1) is 5.75 Å². The van der Waals surface area contributed by atoms with E-state index in [1.54, 1.807) is 7.11 Å². The minimum absolute atomic E-state index is 0.0150. The van der Waals surface area contributed by atoms with Gasteiger partial charge in [-0.05, 0) is 12.8 Å². The number of hydrogen-bond donors (Lipinski definition) is 1. The largest absolute Gasteiger partial charge is 0.385 e. The van der Waals surface area contributed by atoms with Crippen molar-refractivity contribution in [3.05, 3.63) is 0 Å². The molecule has 0 spiro atoms. The van der Waals surface area contributed by atoms with Gasteiger partial charge < -0.3 is 4.74 Å². The molecule has 4 nitrogen and oxygen atoms in total. The molecule has 0 amide bonds. The van der Waals surface area contributed by atoms with E-state index < -0.39 is 10.0 Å². The van der Waals surface area contributed by atoms with Gasteiger partial charge in [0.15, 0.2) is 0 Å². The molecule has 13 heavy (non-hydrogen) atoms. The van der Waals surface area contributed by atoms with Gasteiger partial charge in [0.1, 0.15) is 0 Å². The minimum atomic E-state index is -3.14. The first-order chi connectivity index (χ1) is 6.12. The molecule has 0 rings (SSSR count). The number of unbranched alkanes of at least 4 members (excludes halogenated alkanes) is 1. The lowest BCUT2D eigenvalue weighted by Crippen LogP contribution is -2.28. The van der Waals surface area contributed by atoms with Gasteiger partial charge in [-0.15, -0.1) is 11.6 Å². The fraction of sp³-hybridized carbons (Fsp3) is 1.00. The molecule has 0 bridgehead atoms. The summed E-state index contributed by atoms with van der Waals surface area (Å²) >= 11 is 5.31. The zero-order valence-corrected chi connectivity index (χ0v) is 9.33. The average molecular weight is 230 g/mol. The summed E-state index contributed by atoms with van der Waals surface area (Å²) in [6.07, 6.45) is 1.65. The van der Waals surface area contributed by atoms with Crippen LogP contribution in [0.5, 0.6) is 0 Å². The maximum absolute atomic E-state index is 11.0. The monoisotopic (exact) mass is 229 g/mol. The Hall–Kier alpha value is 0.160. The fourth-order valence-corrected chi connectivity index (χ4v) is 2.19. The Morgan fingerprint density at radius 2 is 2.08 bits per heavy atom. The Balaban J connectivity index is 3.41. The molecular weight excluding hydrogens is 214 g/mol. The third-order valence-corrected chi connectivity index (χ3v) is 3.24. The van der Waals surface area contributed by atoms with Crippen molar-refractivity contribution in [3.8, 4) is 0 Å². The van der Waals surface area contributed by atoms with Crippen molar-refractivity contribution in [3.63, 3.8) is 0 Å². The summed E-state index contributed by atoms with van der Waals surface area (Å²) in [6.45, 7) is 1.12. The quantitative estimate of drug-likeness (QED) is 0.489. The van der Waals surface area contributed by atoms with E-state index in [9.17, 15) is 8.42 Å². The molecule has 0 heterocycles. The molecule has 0 aliphatic rings. The molecule has 0 aromatic rings. The van der Waals surface area contributed by atoms with Crippen LogP contribution >= 0.6 is 11.6 Å². The second-order valence-electron chi connectivity index (χ2n) is 2.60. The van der Waals surface area contributed by atoms with E-state index in [0.717, 1.165) is 12.8 Å². The lowest BCUT2D eigenvalue weighted by Gasteiger charge is -2.04. The molecule has 0 saturated carbocycles. The lowest BCUT2D eigenvalue weighted by atomic mass is 10.3. The van der Waals surface area contributed by atoms with Crippen LogP contribution < -0.4 is 4.72 Å². The van der Waals surface area contributed by atoms with E-state index in [2.05, 4.69) is 4.72 Å². The van der Waals surface area contributed by atoms with E-state index in [-0.39, 0.29) is 11.6 Å². The zero-order chi connectivity index (χ0) is 10.2. The highest BCUT2D eigenvalue weighted by Gasteiger charge is 2.06. The predicted octanol–water partition coefficient (Wildman–Crippen LogP) is 0.571. The Kier molecular flexibility index (Phi) is 7.65. The molecule has 0 aliphatic carbocycles. The number of rotatable bonds is 8. The first-order valence-corrected chi connectivity index (χ1v) is 6.33. The summed E-state index contributed by atoms with van der Waals surface area (Å²) in [6, 6.07) is 0. The van der Waals surface area contributed by atoms with E-state index >= 15 is 0 Å². The maximum Gasteiger partial charge on any atom is 0.212 e. The summed E-state index contributed by atoms with van der Waals surface area (Å²) < 4.78 is 29.3. The van der Waals surface area contributed by atoms with Crippen LogP contribution in [0, 0.1) is 0 Å². The number of nitrogens with one attached hydrogen (secondary N) is 1. The van der Waals surface area contributed by atoms with Crippen LogP contribution in [-0.2, 0) is 14.8 Å². The summed E-state index contributed by atoms with van der Waals surface area (Å²) in [7, 11) is -1.52. The highest BCUT2D eigenvalue weighted by atomic mass is 35.5. The standard InChI is InChI=1S/C7H16ClNO3S/c1-12-6-3-2-5-9-13(10,11)7-4-8/h9H,2-7H2,1H3. The highest BCUT2D eigenvalue weighted by molar-refractivity contribution is 7.89. The van der Waals surface area contributed by atoms with Crippen molar-refractivity contribution in [2.75, 3.05) is 31.9 Å². The van der Waals surface area contributed by atoms with Crippen molar-refractivity contribution in [2.45, 2.75) is 12.8 Å². The molecule has 1 N–H and O–H groups in total. The first-order valence-electron chi connectivity index (χ1n) is 4.14. The van der Waals surface area contributed by atoms with Gasteiger partial charge >= 0.3 is 0 Å². The number of methoxy groups -OCH3 is 1. The SMILES string of the molecule is COCCCCNS(=O)(=O)CCCl. The Morgan fingerprint density at radius 3 is 2.62 bits per heavy atom. The smallest absolute Gasteiger partial charge is 0.212 e. The maximum atomic E-state index is 11.0. The second kappa shape index (κ2) is 7.55. The Labute approximate surface area is 84.7 Å². The van der Waals surface area contributed by atoms with E-state index in [1.165, 1.54) is 0 Å². The normalized spacial score (nSPS) is 11.8. The summed E-state index contributed by atoms with van der Waals surface area (Å²) in [5, 5.41) is 0. The van der Waals surface area contributed by atoms with Crippen molar-refractivity contribution < 1.29 is 13.2 Å². The number of hydrogen-bond acceptors (Lipinski definition) is 3. The molecule has 0 aromatic carbocycles. The summed E-state index contributed by atoms with van der Waals surface area (Å²) in [5.74, 6) is 0.117. The van der Waals surface area contributed by atoms with Crippen molar-refractivity contribution in [2.24, 2.45) is 0 Å². The first kappa shape index (κ1) is 13.2. The van der Waals surface area contributed by atoms with Crippen LogP contribution in [-0.4, -0.2) is 40.3 Å². The van der Waals surface area contributed by atoms with Crippen LogP contribution in [0.15, 0.2) is 0 Å². The molecule has 0 fully saturated rings. The van der Waals surface area contributed by atoms with Gasteiger partial charge in [-0.1, -0.05) is 0 Å². The summed E-state index contributed by atoms with van der Waals surface area (Å²) in [5.41, 5.74) is 0. The molecule has 0 unspecified atom stereocenters. The lowest BCUT2D eigenvalue weighted by molar-refractivity contribution is 0.193. The Morgan fingerprint density at radius 1 is 1.38 bits per heavy atom. The third kappa shape index (κ3) is 8.49. The topological polar surface area (TPSA) is 55.4 Å². The molecule has 0 radical (unpaired) electrons. The predicted molar refractivity (Wildman–Crippen MR) is 53.6 cm³/mol. The fourth-order valence-electron chi connectivity index (χ4n) is 0.773. The van der Waals surface area contributed by atoms with Gasteiger partial charge in [0, 0.05) is 26.1 Å². The molecule has 80 valence electrons. The van der Waals surface area contributed by atoms with Crippen LogP contribution in [0.3, 0.4) is 0 Å². The minimum Gasteiger partial charge on any atom is -0.385 e. The van der Waals surface area contributed by atoms with Gasteiger partial charge in [-0.25, -0.2) is 13.1 Å². The van der Waals surface area contributed by atoms with Crippen LogP contribution in [0.2, 0.25) is 0 Å². The van der Waals surface area contributed by atoms with Gasteiger partial charge in [-0.3, -0.25) is 0 Å². The second-order valence-corrected chi connectivity index (χ2v) is 4.91. The van der Waals surface area contributed by atoms with Crippen molar-refractivity contribution in [1.29, 1.82) is 0 Å². The number of ether oxygens (including phenoxy) is 1. The van der Waals surface area contributed by atoms with Gasteiger partial charge in [0.25, 0.3) is 0 Å². The summed E-state index contributed by atoms with van der Waals surface area (Å²) in [4.78, 5) is 0. The van der Waals surface area contributed by atoms with Crippen molar-refractivity contribution in [1.82, 2.24) is 4.72 Å². The van der Waals surface area contributed by atoms with Gasteiger partial charge in [-0.2, -0.15) is 0 Å². The van der Waals surface area contributed by atoms with Crippen LogP contribution in [0.4, 0.5) is 0 Å². The van der Waals surface area contributed by atoms with Crippen LogP contribution in [0.1, 0.15) is 12.8 Å². The molecule has 0 saturated heterocycles. The highest BCUT2D eigenvalue weighted by Crippen LogP contribution is 1.91. The molecule has 0 aliphatic heterocycles. The molecular formula is C7H16ClNO3S. The van der Waals surface area contributed by atoms with Crippen molar-refractivity contribution >= 4 is 21.6 Å². The third-order valence-electron chi connectivity index (χ3n) is 1.44. The van der Waals surface area contributed by atoms with Gasteiger partial charge in [0.2, 0.25) is 10.0 Å². The number of halogens is 1. The number of alkyl halides is 1. The van der Waals surface area contributed by atoms with E-state index in [0.29, 0.717) is 13.2 Å².